The van der Waals surface area contributed by atoms with Gasteiger partial charge in [-0.25, -0.2) is 14.4 Å². The van der Waals surface area contributed by atoms with Crippen LogP contribution in [0, 0.1) is 12.7 Å². The largest absolute Gasteiger partial charge is 0.487 e. The summed E-state index contributed by atoms with van der Waals surface area (Å²) in [7, 11) is 0. The molecule has 1 atom stereocenters. The van der Waals surface area contributed by atoms with Crippen molar-refractivity contribution in [1.29, 1.82) is 0 Å². The highest BCUT2D eigenvalue weighted by Crippen LogP contribution is 2.40. The average Bonchev–Trinajstić information content (AvgIpc) is 3.38. The van der Waals surface area contributed by atoms with Gasteiger partial charge in [-0.05, 0) is 50.5 Å². The highest BCUT2D eigenvalue weighted by Gasteiger charge is 2.27. The normalized spacial score (nSPS) is 16.4. The van der Waals surface area contributed by atoms with Crippen LogP contribution in [-0.4, -0.2) is 41.8 Å². The van der Waals surface area contributed by atoms with Crippen molar-refractivity contribution in [3.8, 4) is 22.8 Å². The van der Waals surface area contributed by atoms with Crippen LogP contribution in [0.15, 0.2) is 43.2 Å². The number of carbonyl (C=O) groups is 1. The maximum absolute atomic E-state index is 14.9. The molecule has 180 valence electrons. The fourth-order valence-corrected chi connectivity index (χ4v) is 4.25. The molecule has 9 nitrogen and oxygen atoms in total. The lowest BCUT2D eigenvalue weighted by Crippen LogP contribution is -2.17. The van der Waals surface area contributed by atoms with Crippen molar-refractivity contribution in [2.75, 3.05) is 11.9 Å². The number of pyridine rings is 1. The quantitative estimate of drug-likeness (QED) is 0.460. The standard InChI is InChI=1S/C24H22FN7O2.CH4/c1-13-7-18(25)17(8-20(13)31-9-19(27-11-31)15-3-4-15)24(33)29-22-21-16(5-6-26-22)23-30-28-12-32(23)14(2)10-34-21;/h5-9,11-12,14-15H,3-4,10H2,1-2H3,(H,26,29,33);1H4/t14-;/m0./s1. The van der Waals surface area contributed by atoms with E-state index in [1.54, 1.807) is 37.9 Å². The van der Waals surface area contributed by atoms with Crippen LogP contribution < -0.4 is 10.1 Å². The number of amides is 1. The van der Waals surface area contributed by atoms with Crippen molar-refractivity contribution in [2.45, 2.75) is 46.1 Å². The number of fused-ring (bicyclic) bond motifs is 3. The van der Waals surface area contributed by atoms with Crippen LogP contribution in [0.3, 0.4) is 0 Å². The molecule has 0 bridgehead atoms. The number of carbonyl (C=O) groups excluding carboxylic acids is 1. The maximum Gasteiger partial charge on any atom is 0.259 e. The zero-order chi connectivity index (χ0) is 23.4. The molecule has 1 amide bonds. The Morgan fingerprint density at radius 1 is 1.23 bits per heavy atom. The second kappa shape index (κ2) is 8.61. The van der Waals surface area contributed by atoms with E-state index in [0.29, 0.717) is 40.9 Å². The topological polar surface area (TPSA) is 99.7 Å². The predicted octanol–water partition coefficient (Wildman–Crippen LogP) is 4.69. The number of benzene rings is 1. The average molecular weight is 476 g/mol. The number of anilines is 1. The highest BCUT2D eigenvalue weighted by atomic mass is 19.1. The third-order valence-corrected chi connectivity index (χ3v) is 6.30. The van der Waals surface area contributed by atoms with Crippen LogP contribution in [-0.2, 0) is 0 Å². The van der Waals surface area contributed by atoms with Crippen LogP contribution in [0.5, 0.6) is 5.75 Å². The van der Waals surface area contributed by atoms with E-state index in [9.17, 15) is 9.18 Å². The molecule has 0 unspecified atom stereocenters. The summed E-state index contributed by atoms with van der Waals surface area (Å²) in [6.45, 7) is 4.14. The molecule has 0 saturated heterocycles. The molecule has 3 aromatic heterocycles. The molecule has 1 aliphatic carbocycles. The Morgan fingerprint density at radius 3 is 2.86 bits per heavy atom. The van der Waals surface area contributed by atoms with Gasteiger partial charge in [0.25, 0.3) is 5.91 Å². The number of hydrogen-bond acceptors (Lipinski definition) is 6. The lowest BCUT2D eigenvalue weighted by molar-refractivity contribution is 0.102. The van der Waals surface area contributed by atoms with Crippen LogP contribution in [0.4, 0.5) is 10.2 Å². The van der Waals surface area contributed by atoms with Gasteiger partial charge in [0.1, 0.15) is 18.8 Å². The molecular weight excluding hydrogens is 449 g/mol. The fraction of sp³-hybridized carbons (Fsp3) is 0.320. The van der Waals surface area contributed by atoms with Crippen LogP contribution in [0.2, 0.25) is 0 Å². The van der Waals surface area contributed by atoms with E-state index in [1.165, 1.54) is 6.07 Å². The van der Waals surface area contributed by atoms with Crippen molar-refractivity contribution in [1.82, 2.24) is 29.3 Å². The van der Waals surface area contributed by atoms with E-state index in [2.05, 4.69) is 25.5 Å². The molecule has 0 radical (unpaired) electrons. The Balaban J connectivity index is 0.00000253. The maximum atomic E-state index is 14.9. The van der Waals surface area contributed by atoms with Gasteiger partial charge in [-0.15, -0.1) is 10.2 Å². The molecule has 1 N–H and O–H groups in total. The number of rotatable bonds is 4. The molecule has 35 heavy (non-hydrogen) atoms. The van der Waals surface area contributed by atoms with Crippen molar-refractivity contribution < 1.29 is 13.9 Å². The minimum atomic E-state index is -0.621. The van der Waals surface area contributed by atoms with Crippen LogP contribution in [0.1, 0.15) is 60.8 Å². The monoisotopic (exact) mass is 475 g/mol. The number of nitrogens with zero attached hydrogens (tertiary/aromatic N) is 6. The third kappa shape index (κ3) is 3.94. The molecule has 10 heteroatoms. The van der Waals surface area contributed by atoms with Crippen molar-refractivity contribution in [3.05, 3.63) is 65.9 Å². The molecule has 0 spiro atoms. The van der Waals surface area contributed by atoms with Crippen molar-refractivity contribution in [3.63, 3.8) is 0 Å². The number of hydrogen-bond donors (Lipinski definition) is 1. The van der Waals surface area contributed by atoms with Gasteiger partial charge in [0.15, 0.2) is 17.4 Å². The molecular formula is C25H26FN7O2. The summed E-state index contributed by atoms with van der Waals surface area (Å²) in [6, 6.07) is 4.65. The van der Waals surface area contributed by atoms with Gasteiger partial charge in [0.05, 0.1) is 34.9 Å². The molecule has 4 aromatic rings. The highest BCUT2D eigenvalue weighted by molar-refractivity contribution is 6.05. The molecule has 1 fully saturated rings. The van der Waals surface area contributed by atoms with Gasteiger partial charge in [-0.2, -0.15) is 0 Å². The van der Waals surface area contributed by atoms with E-state index < -0.39 is 11.7 Å². The number of nitrogens with one attached hydrogen (secondary N) is 1. The number of halogens is 1. The first kappa shape index (κ1) is 22.7. The molecule has 1 saturated carbocycles. The number of aryl methyl sites for hydroxylation is 1. The van der Waals surface area contributed by atoms with Crippen LogP contribution in [0.25, 0.3) is 17.1 Å². The van der Waals surface area contributed by atoms with E-state index in [1.807, 2.05) is 22.3 Å². The Labute approximate surface area is 202 Å². The lowest BCUT2D eigenvalue weighted by atomic mass is 10.1. The van der Waals surface area contributed by atoms with E-state index >= 15 is 0 Å². The second-order valence-electron chi connectivity index (χ2n) is 8.81. The Kier molecular flexibility index (Phi) is 5.58. The number of aromatic nitrogens is 6. The molecule has 4 heterocycles. The third-order valence-electron chi connectivity index (χ3n) is 6.30. The van der Waals surface area contributed by atoms with Gasteiger partial charge in [0, 0.05) is 18.3 Å². The Hall–Kier alpha value is -4.08. The summed E-state index contributed by atoms with van der Waals surface area (Å²) in [4.78, 5) is 21.9. The second-order valence-corrected chi connectivity index (χ2v) is 8.81. The van der Waals surface area contributed by atoms with Crippen molar-refractivity contribution >= 4 is 11.7 Å². The van der Waals surface area contributed by atoms with E-state index in [4.69, 9.17) is 4.74 Å². The molecule has 2 aliphatic rings. The van der Waals surface area contributed by atoms with Crippen molar-refractivity contribution in [2.24, 2.45) is 0 Å². The zero-order valence-electron chi connectivity index (χ0n) is 18.7. The Bertz CT molecular complexity index is 1420. The van der Waals surface area contributed by atoms with E-state index in [-0.39, 0.29) is 24.8 Å². The smallest absolute Gasteiger partial charge is 0.259 e. The summed E-state index contributed by atoms with van der Waals surface area (Å²) in [5.41, 5.74) is 2.99. The van der Waals surface area contributed by atoms with Gasteiger partial charge in [-0.1, -0.05) is 7.43 Å². The van der Waals surface area contributed by atoms with E-state index in [0.717, 1.165) is 18.5 Å². The van der Waals surface area contributed by atoms with Gasteiger partial charge in [-0.3, -0.25) is 4.79 Å². The van der Waals surface area contributed by atoms with Crippen LogP contribution >= 0.6 is 0 Å². The summed E-state index contributed by atoms with van der Waals surface area (Å²) in [5, 5.41) is 10.9. The zero-order valence-corrected chi connectivity index (χ0v) is 18.7. The molecule has 1 aliphatic heterocycles. The first-order chi connectivity index (χ1) is 16.5. The SMILES string of the molecule is C.Cc1cc(F)c(C(=O)Nc2nccc3c2OC[C@H](C)n2cnnc2-3)cc1-n1cnc(C2CC2)c1. The lowest BCUT2D eigenvalue weighted by Gasteiger charge is -2.14. The summed E-state index contributed by atoms with van der Waals surface area (Å²) in [5.74, 6) is 0.463. The first-order valence-electron chi connectivity index (χ1n) is 11.2. The number of ether oxygens (including phenoxy) is 1. The fourth-order valence-electron chi connectivity index (χ4n) is 4.25. The minimum absolute atomic E-state index is 0. The predicted molar refractivity (Wildman–Crippen MR) is 128 cm³/mol. The first-order valence-corrected chi connectivity index (χ1v) is 11.2. The van der Waals surface area contributed by atoms with Gasteiger partial charge < -0.3 is 19.2 Å². The van der Waals surface area contributed by atoms with Gasteiger partial charge in [0.2, 0.25) is 0 Å². The number of imidazole rings is 1. The minimum Gasteiger partial charge on any atom is -0.487 e. The van der Waals surface area contributed by atoms with Gasteiger partial charge >= 0.3 is 0 Å². The summed E-state index contributed by atoms with van der Waals surface area (Å²) in [6.07, 6.45) is 9.12. The molecule has 1 aromatic carbocycles. The Morgan fingerprint density at radius 2 is 2.06 bits per heavy atom. The summed E-state index contributed by atoms with van der Waals surface area (Å²) < 4.78 is 24.6. The molecule has 6 rings (SSSR count). The summed E-state index contributed by atoms with van der Waals surface area (Å²) >= 11 is 0.